The number of hydrogen-bond acceptors (Lipinski definition) is 4. The van der Waals surface area contributed by atoms with Gasteiger partial charge in [-0.25, -0.2) is 0 Å². The molecule has 0 aromatic carbocycles. The van der Waals surface area contributed by atoms with Crippen molar-refractivity contribution in [3.63, 3.8) is 0 Å². The third-order valence-corrected chi connectivity index (χ3v) is 4.45. The van der Waals surface area contributed by atoms with E-state index < -0.39 is 5.54 Å². The lowest BCUT2D eigenvalue weighted by Crippen LogP contribution is -2.56. The largest absolute Gasteiger partial charge is 0.340 e. The van der Waals surface area contributed by atoms with Gasteiger partial charge in [-0.3, -0.25) is 14.5 Å². The summed E-state index contributed by atoms with van der Waals surface area (Å²) < 4.78 is 0. The summed E-state index contributed by atoms with van der Waals surface area (Å²) in [6.45, 7) is 14.3. The fraction of sp³-hybridized carbons (Fsp3) is 0.824. The Kier molecular flexibility index (Phi) is 6.18. The van der Waals surface area contributed by atoms with Crippen LogP contribution >= 0.6 is 0 Å². The summed E-state index contributed by atoms with van der Waals surface area (Å²) in [5.74, 6) is 0.0505. The van der Waals surface area contributed by atoms with Crippen LogP contribution in [0.25, 0.3) is 0 Å². The Hall–Kier alpha value is -1.61. The molecular formula is C17H30N4O2. The van der Waals surface area contributed by atoms with E-state index in [1.165, 1.54) is 0 Å². The van der Waals surface area contributed by atoms with Crippen LogP contribution < -0.4 is 5.32 Å². The molecule has 1 rings (SSSR count). The maximum atomic E-state index is 12.2. The van der Waals surface area contributed by atoms with E-state index in [0.29, 0.717) is 26.2 Å². The van der Waals surface area contributed by atoms with E-state index in [0.717, 1.165) is 0 Å². The fourth-order valence-electron chi connectivity index (χ4n) is 2.42. The van der Waals surface area contributed by atoms with E-state index in [2.05, 4.69) is 11.4 Å². The number of piperazine rings is 1. The van der Waals surface area contributed by atoms with Gasteiger partial charge in [0.15, 0.2) is 0 Å². The van der Waals surface area contributed by atoms with Crippen molar-refractivity contribution in [2.75, 3.05) is 32.7 Å². The predicted octanol–water partition coefficient (Wildman–Crippen LogP) is 1.23. The third kappa shape index (κ3) is 5.21. The molecule has 130 valence electrons. The average Bonchev–Trinajstić information content (AvgIpc) is 2.45. The summed E-state index contributed by atoms with van der Waals surface area (Å²) in [6.07, 6.45) is 0. The molecule has 2 amide bonds. The second kappa shape index (κ2) is 7.31. The highest BCUT2D eigenvalue weighted by molar-refractivity contribution is 5.82. The molecule has 0 bridgehead atoms. The van der Waals surface area contributed by atoms with Gasteiger partial charge >= 0.3 is 0 Å². The molecule has 0 radical (unpaired) electrons. The third-order valence-electron chi connectivity index (χ3n) is 4.45. The highest BCUT2D eigenvalue weighted by Gasteiger charge is 2.32. The molecule has 1 heterocycles. The quantitative estimate of drug-likeness (QED) is 0.844. The van der Waals surface area contributed by atoms with Crippen LogP contribution in [0.15, 0.2) is 0 Å². The first kappa shape index (κ1) is 19.4. The molecule has 0 spiro atoms. The first-order valence-corrected chi connectivity index (χ1v) is 8.23. The summed E-state index contributed by atoms with van der Waals surface area (Å²) in [4.78, 5) is 28.3. The smallest absolute Gasteiger partial charge is 0.235 e. The van der Waals surface area contributed by atoms with Gasteiger partial charge < -0.3 is 10.2 Å². The molecule has 0 aliphatic carbocycles. The molecule has 0 saturated carbocycles. The van der Waals surface area contributed by atoms with Crippen LogP contribution in [0.3, 0.4) is 0 Å². The second-order valence-electron chi connectivity index (χ2n) is 7.84. The zero-order valence-electron chi connectivity index (χ0n) is 15.3. The van der Waals surface area contributed by atoms with E-state index in [-0.39, 0.29) is 29.7 Å². The molecule has 1 fully saturated rings. The number of nitrogens with zero attached hydrogens (tertiary/aromatic N) is 3. The minimum absolute atomic E-state index is 0.0395. The van der Waals surface area contributed by atoms with Crippen LogP contribution in [0.4, 0.5) is 0 Å². The van der Waals surface area contributed by atoms with E-state index in [9.17, 15) is 14.9 Å². The maximum absolute atomic E-state index is 12.2. The van der Waals surface area contributed by atoms with E-state index in [4.69, 9.17) is 0 Å². The zero-order valence-corrected chi connectivity index (χ0v) is 15.3. The summed E-state index contributed by atoms with van der Waals surface area (Å²) in [6, 6.07) is 2.18. The van der Waals surface area contributed by atoms with Crippen molar-refractivity contribution in [1.82, 2.24) is 15.1 Å². The molecule has 0 aromatic heterocycles. The number of hydrogen-bond donors (Lipinski definition) is 1. The lowest BCUT2D eigenvalue weighted by molar-refractivity contribution is -0.141. The van der Waals surface area contributed by atoms with Crippen molar-refractivity contribution in [2.45, 2.75) is 47.1 Å². The van der Waals surface area contributed by atoms with Gasteiger partial charge in [0.05, 0.1) is 12.6 Å². The molecular weight excluding hydrogens is 292 g/mol. The number of nitrogens with one attached hydrogen (secondary N) is 1. The van der Waals surface area contributed by atoms with Crippen LogP contribution in [0.1, 0.15) is 41.5 Å². The summed E-state index contributed by atoms with van der Waals surface area (Å²) >= 11 is 0. The van der Waals surface area contributed by atoms with Gasteiger partial charge in [-0.1, -0.05) is 34.6 Å². The Morgan fingerprint density at radius 2 is 1.65 bits per heavy atom. The normalized spacial score (nSPS) is 19.1. The first-order chi connectivity index (χ1) is 10.5. The average molecular weight is 322 g/mol. The van der Waals surface area contributed by atoms with Gasteiger partial charge in [-0.15, -0.1) is 0 Å². The highest BCUT2D eigenvalue weighted by Crippen LogP contribution is 2.19. The van der Waals surface area contributed by atoms with Crippen LogP contribution in [0.5, 0.6) is 0 Å². The zero-order chi connectivity index (χ0) is 17.8. The van der Waals surface area contributed by atoms with E-state index >= 15 is 0 Å². The van der Waals surface area contributed by atoms with Gasteiger partial charge in [0, 0.05) is 31.6 Å². The summed E-state index contributed by atoms with van der Waals surface area (Å²) in [7, 11) is 0. The molecule has 1 N–H and O–H groups in total. The SMILES string of the molecule is CC(C)C(C)(C#N)NC(=O)CN1CCN(C(=O)C(C)(C)C)CC1. The Morgan fingerprint density at radius 1 is 1.13 bits per heavy atom. The fourth-order valence-corrected chi connectivity index (χ4v) is 2.42. The Morgan fingerprint density at radius 3 is 2.04 bits per heavy atom. The van der Waals surface area contributed by atoms with Gasteiger partial charge in [0.25, 0.3) is 0 Å². The van der Waals surface area contributed by atoms with Crippen LogP contribution in [-0.4, -0.2) is 59.9 Å². The Bertz CT molecular complexity index is 482. The molecule has 1 aliphatic heterocycles. The van der Waals surface area contributed by atoms with Gasteiger partial charge in [-0.2, -0.15) is 5.26 Å². The van der Waals surface area contributed by atoms with E-state index in [1.807, 2.05) is 44.4 Å². The Balaban J connectivity index is 2.49. The topological polar surface area (TPSA) is 76.4 Å². The van der Waals surface area contributed by atoms with Crippen molar-refractivity contribution in [1.29, 1.82) is 5.26 Å². The van der Waals surface area contributed by atoms with Crippen molar-refractivity contribution < 1.29 is 9.59 Å². The van der Waals surface area contributed by atoms with Crippen molar-refractivity contribution >= 4 is 11.8 Å². The summed E-state index contributed by atoms with van der Waals surface area (Å²) in [5, 5.41) is 12.1. The Labute approximate surface area is 139 Å². The molecule has 6 nitrogen and oxygen atoms in total. The molecule has 6 heteroatoms. The first-order valence-electron chi connectivity index (χ1n) is 8.23. The number of carbonyl (C=O) groups is 2. The standard InChI is InChI=1S/C17H30N4O2/c1-13(2)17(6,12-18)19-14(22)11-20-7-9-21(10-8-20)15(23)16(3,4)5/h13H,7-11H2,1-6H3,(H,19,22). The second-order valence-corrected chi connectivity index (χ2v) is 7.84. The molecule has 1 saturated heterocycles. The van der Waals surface area contributed by atoms with Gasteiger partial charge in [0.2, 0.25) is 11.8 Å². The van der Waals surface area contributed by atoms with Crippen molar-refractivity contribution in [2.24, 2.45) is 11.3 Å². The lowest BCUT2D eigenvalue weighted by atomic mass is 9.90. The number of rotatable bonds is 4. The molecule has 0 aromatic rings. The molecule has 1 aliphatic rings. The van der Waals surface area contributed by atoms with Crippen molar-refractivity contribution in [3.8, 4) is 6.07 Å². The molecule has 1 unspecified atom stereocenters. The predicted molar refractivity (Wildman–Crippen MR) is 89.5 cm³/mol. The lowest BCUT2D eigenvalue weighted by Gasteiger charge is -2.37. The van der Waals surface area contributed by atoms with Crippen LogP contribution in [0, 0.1) is 22.7 Å². The van der Waals surface area contributed by atoms with Crippen molar-refractivity contribution in [3.05, 3.63) is 0 Å². The van der Waals surface area contributed by atoms with Crippen LogP contribution in [0.2, 0.25) is 0 Å². The minimum Gasteiger partial charge on any atom is -0.340 e. The van der Waals surface area contributed by atoms with Gasteiger partial charge in [-0.05, 0) is 12.8 Å². The number of nitriles is 1. The molecule has 1 atom stereocenters. The maximum Gasteiger partial charge on any atom is 0.235 e. The van der Waals surface area contributed by atoms with E-state index in [1.54, 1.807) is 6.92 Å². The minimum atomic E-state index is -0.846. The monoisotopic (exact) mass is 322 g/mol. The van der Waals surface area contributed by atoms with Crippen LogP contribution in [-0.2, 0) is 9.59 Å². The number of amides is 2. The highest BCUT2D eigenvalue weighted by atomic mass is 16.2. The van der Waals surface area contributed by atoms with Gasteiger partial charge in [0.1, 0.15) is 5.54 Å². The number of carbonyl (C=O) groups excluding carboxylic acids is 2. The molecule has 23 heavy (non-hydrogen) atoms. The summed E-state index contributed by atoms with van der Waals surface area (Å²) in [5.41, 5.74) is -1.22.